The summed E-state index contributed by atoms with van der Waals surface area (Å²) in [6.45, 7) is 0. The van der Waals surface area contributed by atoms with Gasteiger partial charge >= 0.3 is 18.1 Å². The lowest BCUT2D eigenvalue weighted by Crippen LogP contribution is -2.66. The first-order chi connectivity index (χ1) is 9.14. The quantitative estimate of drug-likeness (QED) is 0.867. The van der Waals surface area contributed by atoms with E-state index in [0.717, 1.165) is 4.90 Å². The number of nitrogens with zero attached hydrogens (tertiary/aromatic N) is 1. The highest BCUT2D eigenvalue weighted by molar-refractivity contribution is 6.30. The first-order valence-corrected chi connectivity index (χ1v) is 5.76. The Balaban J connectivity index is 2.36. The number of alkyl halides is 3. The van der Waals surface area contributed by atoms with Gasteiger partial charge in [0.25, 0.3) is 0 Å². The molecule has 1 atom stereocenters. The number of halogens is 4. The lowest BCUT2D eigenvalue weighted by molar-refractivity contribution is -0.318. The van der Waals surface area contributed by atoms with Crippen molar-refractivity contribution in [3.05, 3.63) is 23.2 Å². The summed E-state index contributed by atoms with van der Waals surface area (Å²) in [7, 11) is 2.58. The summed E-state index contributed by atoms with van der Waals surface area (Å²) in [5.74, 6) is -3.62. The van der Waals surface area contributed by atoms with Crippen molar-refractivity contribution in [1.82, 2.24) is 10.2 Å². The number of hydrogen-bond acceptors (Lipinski definition) is 3. The zero-order chi connectivity index (χ0) is 15.1. The third-order valence-corrected chi connectivity index (χ3v) is 2.70. The Morgan fingerprint density at radius 1 is 1.30 bits per heavy atom. The van der Waals surface area contributed by atoms with Crippen LogP contribution in [0, 0.1) is 0 Å². The molecule has 1 aromatic carbocycles. The average molecular weight is 311 g/mol. The van der Waals surface area contributed by atoms with Gasteiger partial charge in [0.15, 0.2) is 11.5 Å². The topological polar surface area (TPSA) is 50.8 Å². The summed E-state index contributed by atoms with van der Waals surface area (Å²) < 4.78 is 49.1. The van der Waals surface area contributed by atoms with E-state index in [4.69, 9.17) is 21.1 Å². The Hall–Kier alpha value is -1.83. The largest absolute Gasteiger partial charge is 0.492 e. The fourth-order valence-corrected chi connectivity index (χ4v) is 1.63. The van der Waals surface area contributed by atoms with Gasteiger partial charge in [-0.25, -0.2) is 4.79 Å². The van der Waals surface area contributed by atoms with Crippen LogP contribution in [-0.2, 0) is 0 Å². The molecule has 1 aliphatic heterocycles. The SMILES string of the molecule is CN(C)C(=O)N[C@@]1(C(F)(F)F)Oc2ccc(Cl)cc2O1. The van der Waals surface area contributed by atoms with Crippen LogP contribution in [0.3, 0.4) is 0 Å². The third kappa shape index (κ3) is 2.43. The smallest absolute Gasteiger partial charge is 0.424 e. The molecule has 0 bridgehead atoms. The molecule has 20 heavy (non-hydrogen) atoms. The summed E-state index contributed by atoms with van der Waals surface area (Å²) in [5, 5.41) is 1.86. The summed E-state index contributed by atoms with van der Waals surface area (Å²) in [6.07, 6.45) is -4.98. The Kier molecular flexibility index (Phi) is 3.37. The molecule has 0 saturated carbocycles. The van der Waals surface area contributed by atoms with Crippen LogP contribution in [0.5, 0.6) is 11.5 Å². The number of benzene rings is 1. The number of rotatable bonds is 1. The first-order valence-electron chi connectivity index (χ1n) is 5.38. The zero-order valence-electron chi connectivity index (χ0n) is 10.4. The van der Waals surface area contributed by atoms with Crippen LogP contribution in [-0.4, -0.2) is 37.1 Å². The van der Waals surface area contributed by atoms with E-state index in [2.05, 4.69) is 0 Å². The Morgan fingerprint density at radius 3 is 2.45 bits per heavy atom. The Morgan fingerprint density at radius 2 is 1.90 bits per heavy atom. The number of ether oxygens (including phenoxy) is 2. The van der Waals surface area contributed by atoms with Gasteiger partial charge in [-0.05, 0) is 12.1 Å². The molecule has 110 valence electrons. The van der Waals surface area contributed by atoms with Crippen molar-refractivity contribution in [1.29, 1.82) is 0 Å². The second-order valence-corrected chi connectivity index (χ2v) is 4.67. The minimum absolute atomic E-state index is 0.161. The Bertz CT molecular complexity index is 550. The minimum Gasteiger partial charge on any atom is -0.424 e. The molecule has 0 saturated heterocycles. The van der Waals surface area contributed by atoms with Gasteiger partial charge in [0.2, 0.25) is 0 Å². The normalized spacial score (nSPS) is 20.7. The lowest BCUT2D eigenvalue weighted by Gasteiger charge is -2.30. The molecule has 2 rings (SSSR count). The van der Waals surface area contributed by atoms with Crippen LogP contribution in [0.1, 0.15) is 0 Å². The van der Waals surface area contributed by atoms with E-state index in [1.807, 2.05) is 0 Å². The molecule has 0 aromatic heterocycles. The van der Waals surface area contributed by atoms with Gasteiger partial charge in [0, 0.05) is 25.2 Å². The molecule has 1 aromatic rings. The van der Waals surface area contributed by atoms with E-state index < -0.39 is 18.1 Å². The van der Waals surface area contributed by atoms with E-state index >= 15 is 0 Å². The van der Waals surface area contributed by atoms with E-state index in [1.54, 1.807) is 5.32 Å². The van der Waals surface area contributed by atoms with Gasteiger partial charge in [0.05, 0.1) is 0 Å². The minimum atomic E-state index is -4.98. The fraction of sp³-hybridized carbons (Fsp3) is 0.364. The maximum atomic E-state index is 13.2. The molecule has 5 nitrogen and oxygen atoms in total. The Labute approximate surface area is 117 Å². The maximum absolute atomic E-state index is 13.2. The van der Waals surface area contributed by atoms with Crippen molar-refractivity contribution in [2.24, 2.45) is 0 Å². The molecule has 1 heterocycles. The predicted molar refractivity (Wildman–Crippen MR) is 63.7 cm³/mol. The zero-order valence-corrected chi connectivity index (χ0v) is 11.2. The second kappa shape index (κ2) is 4.62. The van der Waals surface area contributed by atoms with Crippen molar-refractivity contribution in [2.75, 3.05) is 14.1 Å². The van der Waals surface area contributed by atoms with Crippen LogP contribution < -0.4 is 14.8 Å². The van der Waals surface area contributed by atoms with Crippen LogP contribution >= 0.6 is 11.6 Å². The molecule has 0 aliphatic carbocycles. The predicted octanol–water partition coefficient (Wildman–Crippen LogP) is 2.60. The molecule has 0 radical (unpaired) electrons. The van der Waals surface area contributed by atoms with Gasteiger partial charge in [-0.1, -0.05) is 11.6 Å². The van der Waals surface area contributed by atoms with Crippen molar-refractivity contribution < 1.29 is 27.4 Å². The molecule has 2 amide bonds. The molecule has 0 fully saturated rings. The number of amides is 2. The number of urea groups is 1. The van der Waals surface area contributed by atoms with E-state index in [0.29, 0.717) is 0 Å². The van der Waals surface area contributed by atoms with Gasteiger partial charge in [0.1, 0.15) is 0 Å². The number of carbonyl (C=O) groups excluding carboxylic acids is 1. The van der Waals surface area contributed by atoms with E-state index in [1.165, 1.54) is 32.3 Å². The standard InChI is InChI=1S/C11H10ClF3N2O3/c1-17(2)9(18)16-11(10(13,14)15)19-7-4-3-6(12)5-8(7)20-11/h3-5H,1-2H3,(H,16,18)/t11-/m0/s1. The van der Waals surface area contributed by atoms with Crippen molar-refractivity contribution >= 4 is 17.6 Å². The van der Waals surface area contributed by atoms with Crippen LogP contribution in [0.25, 0.3) is 0 Å². The molecule has 9 heteroatoms. The molecule has 0 spiro atoms. The number of hydrogen-bond donors (Lipinski definition) is 1. The highest BCUT2D eigenvalue weighted by atomic mass is 35.5. The van der Waals surface area contributed by atoms with Gasteiger partial charge in [-0.2, -0.15) is 13.2 Å². The second-order valence-electron chi connectivity index (χ2n) is 4.23. The first kappa shape index (κ1) is 14.6. The maximum Gasteiger partial charge on any atom is 0.492 e. The van der Waals surface area contributed by atoms with Crippen molar-refractivity contribution in [3.8, 4) is 11.5 Å². The van der Waals surface area contributed by atoms with E-state index in [-0.39, 0.29) is 16.5 Å². The summed E-state index contributed by atoms with van der Waals surface area (Å²) in [5.41, 5.74) is 0. The van der Waals surface area contributed by atoms with Gasteiger partial charge in [-0.3, -0.25) is 5.32 Å². The van der Waals surface area contributed by atoms with Gasteiger partial charge < -0.3 is 14.4 Å². The summed E-state index contributed by atoms with van der Waals surface area (Å²) in [4.78, 5) is 12.4. The van der Waals surface area contributed by atoms with Crippen LogP contribution in [0.2, 0.25) is 5.02 Å². The monoisotopic (exact) mass is 310 g/mol. The summed E-state index contributed by atoms with van der Waals surface area (Å²) >= 11 is 5.67. The van der Waals surface area contributed by atoms with Crippen LogP contribution in [0.15, 0.2) is 18.2 Å². The molecular weight excluding hydrogens is 301 g/mol. The number of carbonyl (C=O) groups is 1. The van der Waals surface area contributed by atoms with Crippen molar-refractivity contribution in [2.45, 2.75) is 12.1 Å². The lowest BCUT2D eigenvalue weighted by atomic mass is 10.3. The highest BCUT2D eigenvalue weighted by Gasteiger charge is 2.65. The molecule has 1 N–H and O–H groups in total. The van der Waals surface area contributed by atoms with Crippen LogP contribution in [0.4, 0.5) is 18.0 Å². The molecular formula is C11H10ClF3N2O3. The third-order valence-electron chi connectivity index (χ3n) is 2.46. The summed E-state index contributed by atoms with van der Waals surface area (Å²) in [6, 6.07) is 2.74. The number of nitrogens with one attached hydrogen (secondary N) is 1. The highest BCUT2D eigenvalue weighted by Crippen LogP contribution is 2.46. The molecule has 0 unspecified atom stereocenters. The van der Waals surface area contributed by atoms with E-state index in [9.17, 15) is 18.0 Å². The average Bonchev–Trinajstić information content (AvgIpc) is 2.66. The number of fused-ring (bicyclic) bond motifs is 1. The van der Waals surface area contributed by atoms with Crippen molar-refractivity contribution in [3.63, 3.8) is 0 Å². The fourth-order valence-electron chi connectivity index (χ4n) is 1.47. The van der Waals surface area contributed by atoms with Gasteiger partial charge in [-0.15, -0.1) is 0 Å². The molecule has 1 aliphatic rings.